The van der Waals surface area contributed by atoms with Crippen molar-refractivity contribution in [1.29, 1.82) is 0 Å². The molecule has 0 aliphatic rings. The maximum atomic E-state index is 6.17. The third-order valence-corrected chi connectivity index (χ3v) is 4.52. The topological polar surface area (TPSA) is 34.4 Å². The van der Waals surface area contributed by atoms with Crippen molar-refractivity contribution in [3.05, 3.63) is 69.9 Å². The minimum atomic E-state index is 0.558. The number of hydrogen-bond acceptors (Lipinski definition) is 3. The van der Waals surface area contributed by atoms with Crippen molar-refractivity contribution < 1.29 is 9.15 Å². The van der Waals surface area contributed by atoms with E-state index in [1.807, 2.05) is 55.5 Å². The fraction of sp³-hybridized carbons (Fsp3) is 0.158. The molecule has 1 heterocycles. The molecule has 1 aromatic heterocycles. The van der Waals surface area contributed by atoms with E-state index in [-0.39, 0.29) is 0 Å². The van der Waals surface area contributed by atoms with E-state index in [0.29, 0.717) is 17.3 Å². The normalized spacial score (nSPS) is 10.7. The Hall–Kier alpha value is -2.10. The molecule has 0 aliphatic heterocycles. The number of anilines is 1. The van der Waals surface area contributed by atoms with Crippen LogP contribution in [0.3, 0.4) is 0 Å². The van der Waals surface area contributed by atoms with Gasteiger partial charge in [-0.15, -0.1) is 0 Å². The van der Waals surface area contributed by atoms with Crippen LogP contribution in [-0.2, 0) is 6.54 Å². The zero-order chi connectivity index (χ0) is 17.1. The van der Waals surface area contributed by atoms with E-state index < -0.39 is 0 Å². The highest BCUT2D eigenvalue weighted by molar-refractivity contribution is 6.32. The number of halogens is 2. The van der Waals surface area contributed by atoms with Crippen LogP contribution < -0.4 is 10.1 Å². The van der Waals surface area contributed by atoms with Crippen LogP contribution in [0.25, 0.3) is 11.3 Å². The molecule has 2 aromatic carbocycles. The smallest absolute Gasteiger partial charge is 0.137 e. The first-order chi connectivity index (χ1) is 11.6. The maximum Gasteiger partial charge on any atom is 0.137 e. The monoisotopic (exact) mass is 361 g/mol. The fourth-order valence-corrected chi connectivity index (χ4v) is 2.89. The molecule has 0 amide bonds. The van der Waals surface area contributed by atoms with Gasteiger partial charge in [0.15, 0.2) is 0 Å². The largest absolute Gasteiger partial charge is 0.495 e. The van der Waals surface area contributed by atoms with Gasteiger partial charge in [-0.3, -0.25) is 0 Å². The molecule has 0 spiro atoms. The number of nitrogens with one attached hydrogen (secondary N) is 1. The summed E-state index contributed by atoms with van der Waals surface area (Å²) < 4.78 is 11.1. The van der Waals surface area contributed by atoms with Gasteiger partial charge >= 0.3 is 0 Å². The Kier molecular flexibility index (Phi) is 5.03. The van der Waals surface area contributed by atoms with Gasteiger partial charge in [-0.1, -0.05) is 35.3 Å². The molecule has 5 heteroatoms. The Morgan fingerprint density at radius 3 is 2.62 bits per heavy atom. The van der Waals surface area contributed by atoms with Gasteiger partial charge in [0.2, 0.25) is 0 Å². The molecule has 124 valence electrons. The van der Waals surface area contributed by atoms with E-state index in [2.05, 4.69) is 5.32 Å². The summed E-state index contributed by atoms with van der Waals surface area (Å²) in [7, 11) is 1.59. The highest BCUT2D eigenvalue weighted by Gasteiger charge is 2.09. The second-order valence-corrected chi connectivity index (χ2v) is 6.20. The maximum absolute atomic E-state index is 6.17. The first-order valence-electron chi connectivity index (χ1n) is 7.50. The first-order valence-corrected chi connectivity index (χ1v) is 8.25. The molecule has 0 saturated carbocycles. The summed E-state index contributed by atoms with van der Waals surface area (Å²) >= 11 is 12.3. The Labute approximate surface area is 151 Å². The molecule has 0 aliphatic carbocycles. The lowest BCUT2D eigenvalue weighted by Gasteiger charge is -2.08. The number of rotatable bonds is 5. The molecule has 0 fully saturated rings. The Balaban J connectivity index is 1.72. The van der Waals surface area contributed by atoms with E-state index in [4.69, 9.17) is 32.4 Å². The predicted molar refractivity (Wildman–Crippen MR) is 99.2 cm³/mol. The van der Waals surface area contributed by atoms with Gasteiger partial charge in [0, 0.05) is 16.3 Å². The molecular formula is C19H17Cl2NO2. The van der Waals surface area contributed by atoms with Crippen LogP contribution in [0.1, 0.15) is 11.3 Å². The third-order valence-electron chi connectivity index (χ3n) is 3.81. The molecule has 0 atom stereocenters. The van der Waals surface area contributed by atoms with Crippen LogP contribution in [0.4, 0.5) is 5.69 Å². The number of hydrogen-bond donors (Lipinski definition) is 1. The van der Waals surface area contributed by atoms with Crippen LogP contribution in [0, 0.1) is 6.92 Å². The lowest BCUT2D eigenvalue weighted by atomic mass is 10.1. The van der Waals surface area contributed by atoms with E-state index in [1.54, 1.807) is 7.11 Å². The van der Waals surface area contributed by atoms with Crippen molar-refractivity contribution >= 4 is 28.9 Å². The van der Waals surface area contributed by atoms with Crippen molar-refractivity contribution in [3.8, 4) is 17.1 Å². The van der Waals surface area contributed by atoms with Gasteiger partial charge in [-0.2, -0.15) is 0 Å². The Bertz CT molecular complexity index is 858. The highest BCUT2D eigenvalue weighted by Crippen LogP contribution is 2.30. The van der Waals surface area contributed by atoms with Crippen molar-refractivity contribution in [2.45, 2.75) is 13.5 Å². The second-order valence-electron chi connectivity index (χ2n) is 5.38. The van der Waals surface area contributed by atoms with Crippen molar-refractivity contribution in [1.82, 2.24) is 0 Å². The molecule has 0 radical (unpaired) electrons. The number of ether oxygens (including phenoxy) is 1. The minimum Gasteiger partial charge on any atom is -0.495 e. The molecule has 3 nitrogen and oxygen atoms in total. The minimum absolute atomic E-state index is 0.558. The zero-order valence-corrected chi connectivity index (χ0v) is 14.9. The fourth-order valence-electron chi connectivity index (χ4n) is 2.46. The molecular weight excluding hydrogens is 345 g/mol. The summed E-state index contributed by atoms with van der Waals surface area (Å²) in [6.45, 7) is 2.54. The average molecular weight is 362 g/mol. The van der Waals surface area contributed by atoms with Crippen molar-refractivity contribution in [2.75, 3.05) is 12.4 Å². The predicted octanol–water partition coefficient (Wildman–Crippen LogP) is 6.18. The summed E-state index contributed by atoms with van der Waals surface area (Å²) in [5.74, 6) is 2.29. The van der Waals surface area contributed by atoms with Crippen LogP contribution in [-0.4, -0.2) is 7.11 Å². The summed E-state index contributed by atoms with van der Waals surface area (Å²) in [4.78, 5) is 0. The first kappa shape index (κ1) is 16.7. The van der Waals surface area contributed by atoms with E-state index in [0.717, 1.165) is 33.4 Å². The van der Waals surface area contributed by atoms with Gasteiger partial charge in [0.05, 0.1) is 18.7 Å². The van der Waals surface area contributed by atoms with Gasteiger partial charge < -0.3 is 14.5 Å². The Morgan fingerprint density at radius 2 is 1.88 bits per heavy atom. The highest BCUT2D eigenvalue weighted by atomic mass is 35.5. The summed E-state index contributed by atoms with van der Waals surface area (Å²) in [5.41, 5.74) is 2.91. The molecule has 0 bridgehead atoms. The standard InChI is InChI=1S/C19H17Cl2NO2/c1-12-15(4-3-5-16(12)20)18-9-7-14(24-18)11-22-13-6-8-19(23-2)17(21)10-13/h3-10,22H,11H2,1-2H3. The van der Waals surface area contributed by atoms with Gasteiger partial charge in [-0.25, -0.2) is 0 Å². The average Bonchev–Trinajstić information content (AvgIpc) is 3.04. The quantitative estimate of drug-likeness (QED) is 0.588. The zero-order valence-electron chi connectivity index (χ0n) is 13.4. The SMILES string of the molecule is COc1ccc(NCc2ccc(-c3cccc(Cl)c3C)o2)cc1Cl. The van der Waals surface area contributed by atoms with Crippen LogP contribution >= 0.6 is 23.2 Å². The molecule has 24 heavy (non-hydrogen) atoms. The Morgan fingerprint density at radius 1 is 1.04 bits per heavy atom. The molecule has 0 saturated heterocycles. The van der Waals surface area contributed by atoms with Crippen LogP contribution in [0.5, 0.6) is 5.75 Å². The van der Waals surface area contributed by atoms with E-state index >= 15 is 0 Å². The third kappa shape index (κ3) is 3.53. The summed E-state index contributed by atoms with van der Waals surface area (Å²) in [5, 5.41) is 4.58. The van der Waals surface area contributed by atoms with Gasteiger partial charge in [0.25, 0.3) is 0 Å². The number of furan rings is 1. The van der Waals surface area contributed by atoms with Crippen LogP contribution in [0.15, 0.2) is 52.9 Å². The number of benzene rings is 2. The summed E-state index contributed by atoms with van der Waals surface area (Å²) in [6.07, 6.45) is 0. The lowest BCUT2D eigenvalue weighted by molar-refractivity contribution is 0.415. The van der Waals surface area contributed by atoms with Crippen molar-refractivity contribution in [3.63, 3.8) is 0 Å². The van der Waals surface area contributed by atoms with Crippen molar-refractivity contribution in [2.24, 2.45) is 0 Å². The van der Waals surface area contributed by atoms with E-state index in [1.165, 1.54) is 0 Å². The van der Waals surface area contributed by atoms with Gasteiger partial charge in [0.1, 0.15) is 17.3 Å². The molecule has 3 rings (SSSR count). The molecule has 1 N–H and O–H groups in total. The second kappa shape index (κ2) is 7.20. The molecule has 3 aromatic rings. The van der Waals surface area contributed by atoms with Gasteiger partial charge in [-0.05, 0) is 48.9 Å². The lowest BCUT2D eigenvalue weighted by Crippen LogP contribution is -1.98. The van der Waals surface area contributed by atoms with E-state index in [9.17, 15) is 0 Å². The number of methoxy groups -OCH3 is 1. The van der Waals surface area contributed by atoms with Crippen LogP contribution in [0.2, 0.25) is 10.0 Å². The molecule has 0 unspecified atom stereocenters. The summed E-state index contributed by atoms with van der Waals surface area (Å²) in [6, 6.07) is 15.3.